The van der Waals surface area contributed by atoms with Gasteiger partial charge in [0.15, 0.2) is 0 Å². The van der Waals surface area contributed by atoms with E-state index in [9.17, 15) is 29.7 Å². The van der Waals surface area contributed by atoms with E-state index in [1.807, 2.05) is 0 Å². The second kappa shape index (κ2) is 18.4. The molecule has 0 rings (SSSR count). The van der Waals surface area contributed by atoms with Crippen LogP contribution in [0.4, 0.5) is 0 Å². The molecule has 0 heterocycles. The van der Waals surface area contributed by atoms with Crippen LogP contribution in [0, 0.1) is 17.8 Å². The van der Waals surface area contributed by atoms with Crippen molar-refractivity contribution in [2.45, 2.75) is 98.3 Å². The van der Waals surface area contributed by atoms with Crippen LogP contribution in [0.25, 0.3) is 0 Å². The van der Waals surface area contributed by atoms with Crippen molar-refractivity contribution in [2.75, 3.05) is 26.2 Å². The Morgan fingerprint density at radius 2 is 1.00 bits per heavy atom. The molecule has 0 spiro atoms. The van der Waals surface area contributed by atoms with E-state index in [0.29, 0.717) is 43.4 Å². The number of unbranched alkanes of at least 4 members (excludes halogenated alkanes) is 6. The van der Waals surface area contributed by atoms with Crippen molar-refractivity contribution < 1.29 is 34.2 Å². The third kappa shape index (κ3) is 15.1. The SMILES string of the molecule is CCCC/C=C/CCCCCC[N+](CCC(C)C(=O)O)(CCC(C)C(=O)O)CCC(C)C(=O)O. The number of nitrogens with zero attached hydrogens (tertiary/aromatic N) is 1. The maximum absolute atomic E-state index is 11.4. The molecule has 3 N–H and O–H groups in total. The van der Waals surface area contributed by atoms with Crippen molar-refractivity contribution in [3.8, 4) is 0 Å². The molecule has 34 heavy (non-hydrogen) atoms. The average molecular weight is 485 g/mol. The molecule has 0 fully saturated rings. The van der Waals surface area contributed by atoms with Crippen LogP contribution < -0.4 is 0 Å². The van der Waals surface area contributed by atoms with Crippen molar-refractivity contribution in [2.24, 2.45) is 17.8 Å². The van der Waals surface area contributed by atoms with Crippen LogP contribution in [-0.2, 0) is 14.4 Å². The lowest BCUT2D eigenvalue weighted by Gasteiger charge is -2.40. The quantitative estimate of drug-likeness (QED) is 0.101. The van der Waals surface area contributed by atoms with Crippen LogP contribution in [0.5, 0.6) is 0 Å². The van der Waals surface area contributed by atoms with Crippen LogP contribution in [0.2, 0.25) is 0 Å². The zero-order valence-corrected chi connectivity index (χ0v) is 22.0. The monoisotopic (exact) mass is 484 g/mol. The van der Waals surface area contributed by atoms with Gasteiger partial charge >= 0.3 is 17.9 Å². The topological polar surface area (TPSA) is 112 Å². The number of quaternary nitrogens is 1. The summed E-state index contributed by atoms with van der Waals surface area (Å²) < 4.78 is 0.601. The minimum Gasteiger partial charge on any atom is -0.481 e. The first-order valence-electron chi connectivity index (χ1n) is 13.2. The molecule has 0 aliphatic rings. The van der Waals surface area contributed by atoms with Gasteiger partial charge in [-0.15, -0.1) is 0 Å². The summed E-state index contributed by atoms with van der Waals surface area (Å²) in [5.41, 5.74) is 0. The van der Waals surface area contributed by atoms with E-state index >= 15 is 0 Å². The number of allylic oxidation sites excluding steroid dienone is 2. The number of carboxylic acids is 3. The molecule has 0 aromatic rings. The molecule has 0 radical (unpaired) electrons. The Morgan fingerprint density at radius 3 is 1.38 bits per heavy atom. The van der Waals surface area contributed by atoms with Crippen LogP contribution in [-0.4, -0.2) is 63.9 Å². The molecule has 0 aromatic carbocycles. The molecule has 198 valence electrons. The molecule has 0 saturated carbocycles. The first kappa shape index (κ1) is 32.1. The zero-order valence-electron chi connectivity index (χ0n) is 22.0. The molecule has 0 aliphatic carbocycles. The van der Waals surface area contributed by atoms with Gasteiger partial charge < -0.3 is 19.8 Å². The number of carboxylic acid groups (broad SMARTS) is 3. The first-order chi connectivity index (χ1) is 16.0. The summed E-state index contributed by atoms with van der Waals surface area (Å²) in [6.07, 6.45) is 15.0. The van der Waals surface area contributed by atoms with E-state index in [0.717, 1.165) is 45.1 Å². The minimum absolute atomic E-state index is 0.481. The van der Waals surface area contributed by atoms with Gasteiger partial charge in [-0.1, -0.05) is 59.1 Å². The van der Waals surface area contributed by atoms with Gasteiger partial charge in [0, 0.05) is 19.3 Å². The lowest BCUT2D eigenvalue weighted by atomic mass is 10.0. The zero-order chi connectivity index (χ0) is 26.0. The summed E-state index contributed by atoms with van der Waals surface area (Å²) in [5.74, 6) is -3.93. The molecular weight excluding hydrogens is 434 g/mol. The Bertz CT molecular complexity index is 558. The molecule has 0 saturated heterocycles. The fourth-order valence-electron chi connectivity index (χ4n) is 4.06. The second-order valence-corrected chi connectivity index (χ2v) is 10.1. The molecule has 7 nitrogen and oxygen atoms in total. The third-order valence-electron chi connectivity index (χ3n) is 7.02. The Balaban J connectivity index is 5.11. The maximum Gasteiger partial charge on any atom is 0.306 e. The highest BCUT2D eigenvalue weighted by atomic mass is 16.4. The van der Waals surface area contributed by atoms with Gasteiger partial charge in [0.25, 0.3) is 0 Å². The summed E-state index contributed by atoms with van der Waals surface area (Å²) in [6.45, 7) is 10.0. The van der Waals surface area contributed by atoms with Gasteiger partial charge in [0.2, 0.25) is 0 Å². The second-order valence-electron chi connectivity index (χ2n) is 10.1. The van der Waals surface area contributed by atoms with Crippen molar-refractivity contribution in [3.63, 3.8) is 0 Å². The Labute approximate surface area is 206 Å². The van der Waals surface area contributed by atoms with Crippen molar-refractivity contribution in [1.29, 1.82) is 0 Å². The summed E-state index contributed by atoms with van der Waals surface area (Å²) >= 11 is 0. The molecule has 3 atom stereocenters. The molecule has 0 aliphatic heterocycles. The van der Waals surface area contributed by atoms with E-state index in [1.165, 1.54) is 12.8 Å². The van der Waals surface area contributed by atoms with E-state index in [4.69, 9.17) is 0 Å². The minimum atomic E-state index is -0.831. The number of carbonyl (C=O) groups is 3. The van der Waals surface area contributed by atoms with Crippen LogP contribution in [0.3, 0.4) is 0 Å². The fourth-order valence-corrected chi connectivity index (χ4v) is 4.06. The largest absolute Gasteiger partial charge is 0.481 e. The highest BCUT2D eigenvalue weighted by molar-refractivity contribution is 5.70. The van der Waals surface area contributed by atoms with Gasteiger partial charge in [0.05, 0.1) is 43.9 Å². The van der Waals surface area contributed by atoms with E-state index in [1.54, 1.807) is 20.8 Å². The Hall–Kier alpha value is -1.89. The van der Waals surface area contributed by atoms with Crippen LogP contribution >= 0.6 is 0 Å². The van der Waals surface area contributed by atoms with Crippen LogP contribution in [0.1, 0.15) is 98.3 Å². The number of rotatable bonds is 22. The molecule has 0 aromatic heterocycles. The summed E-state index contributed by atoms with van der Waals surface area (Å²) in [6, 6.07) is 0. The molecule has 0 bridgehead atoms. The third-order valence-corrected chi connectivity index (χ3v) is 7.02. The predicted octanol–water partition coefficient (Wildman–Crippen LogP) is 5.83. The normalized spacial score (nSPS) is 16.1. The number of hydrogen-bond acceptors (Lipinski definition) is 3. The van der Waals surface area contributed by atoms with Crippen LogP contribution in [0.15, 0.2) is 12.2 Å². The highest BCUT2D eigenvalue weighted by Crippen LogP contribution is 2.21. The summed E-state index contributed by atoms with van der Waals surface area (Å²) in [5, 5.41) is 28.1. The van der Waals surface area contributed by atoms with E-state index in [-0.39, 0.29) is 0 Å². The van der Waals surface area contributed by atoms with E-state index in [2.05, 4.69) is 19.1 Å². The van der Waals surface area contributed by atoms with Crippen molar-refractivity contribution in [1.82, 2.24) is 0 Å². The summed E-state index contributed by atoms with van der Waals surface area (Å²) in [4.78, 5) is 34.2. The lowest BCUT2D eigenvalue weighted by molar-refractivity contribution is -0.929. The molecule has 7 heteroatoms. The lowest BCUT2D eigenvalue weighted by Crippen LogP contribution is -2.52. The maximum atomic E-state index is 11.4. The average Bonchev–Trinajstić information content (AvgIpc) is 2.79. The van der Waals surface area contributed by atoms with Crippen molar-refractivity contribution >= 4 is 17.9 Å². The summed E-state index contributed by atoms with van der Waals surface area (Å²) in [7, 11) is 0. The fraction of sp³-hybridized carbons (Fsp3) is 0.815. The van der Waals surface area contributed by atoms with Gasteiger partial charge in [-0.25, -0.2) is 0 Å². The smallest absolute Gasteiger partial charge is 0.306 e. The molecule has 3 unspecified atom stereocenters. The Kier molecular flexibility index (Phi) is 17.4. The Morgan fingerprint density at radius 1 is 0.618 bits per heavy atom. The van der Waals surface area contributed by atoms with Gasteiger partial charge in [0.1, 0.15) is 0 Å². The van der Waals surface area contributed by atoms with E-state index < -0.39 is 35.7 Å². The standard InChI is InChI=1S/C27H49NO6/c1-5-6-7-8-9-10-11-12-13-14-18-28(19-15-22(2)25(29)30,20-16-23(3)26(31)32)21-17-24(4)27(33)34/h8-9,22-24H,5-7,10-21H2,1-4H3,(H2-,29,30,31,32,33,34)/p+1/b9-8+. The van der Waals surface area contributed by atoms with Crippen molar-refractivity contribution in [3.05, 3.63) is 12.2 Å². The highest BCUT2D eigenvalue weighted by Gasteiger charge is 2.31. The van der Waals surface area contributed by atoms with Gasteiger partial charge in [-0.3, -0.25) is 14.4 Å². The molecular formula is C27H50NO6+. The van der Waals surface area contributed by atoms with Gasteiger partial charge in [-0.05, 0) is 32.1 Å². The number of aliphatic carboxylic acids is 3. The number of hydrogen-bond donors (Lipinski definition) is 3. The van der Waals surface area contributed by atoms with Gasteiger partial charge in [-0.2, -0.15) is 0 Å². The first-order valence-corrected chi connectivity index (χ1v) is 13.2. The molecule has 0 amide bonds. The predicted molar refractivity (Wildman–Crippen MR) is 136 cm³/mol.